The van der Waals surface area contributed by atoms with Crippen molar-refractivity contribution in [2.75, 3.05) is 27.3 Å². The van der Waals surface area contributed by atoms with Gasteiger partial charge in [-0.1, -0.05) is 18.2 Å². The molecule has 0 saturated carbocycles. The summed E-state index contributed by atoms with van der Waals surface area (Å²) in [7, 11) is 3.13. The molecule has 1 aromatic carbocycles. The number of methoxy groups -OCH3 is 2. The van der Waals surface area contributed by atoms with E-state index in [1.807, 2.05) is 6.07 Å². The molecular formula is C18H22N2O3S. The predicted molar refractivity (Wildman–Crippen MR) is 101 cm³/mol. The average molecular weight is 346 g/mol. The lowest BCUT2D eigenvalue weighted by Gasteiger charge is -2.21. The summed E-state index contributed by atoms with van der Waals surface area (Å²) >= 11 is 5.21. The van der Waals surface area contributed by atoms with E-state index in [0.29, 0.717) is 29.7 Å². The SMILES string of the molecule is C=CCN(CC=C)C(=S)NC(=O)C=Cc1ccc(OC)c(OC)c1. The second-order valence-corrected chi connectivity index (χ2v) is 5.11. The molecule has 0 spiro atoms. The Balaban J connectivity index is 2.73. The van der Waals surface area contributed by atoms with Crippen LogP contribution in [0.2, 0.25) is 0 Å². The minimum Gasteiger partial charge on any atom is -0.493 e. The molecular weight excluding hydrogens is 324 g/mol. The number of nitrogens with one attached hydrogen (secondary N) is 1. The zero-order chi connectivity index (χ0) is 17.9. The van der Waals surface area contributed by atoms with Crippen LogP contribution in [0.1, 0.15) is 5.56 Å². The maximum absolute atomic E-state index is 12.0. The Kier molecular flexibility index (Phi) is 8.29. The molecule has 1 amide bonds. The fraction of sp³-hybridized carbons (Fsp3) is 0.222. The van der Waals surface area contributed by atoms with Crippen LogP contribution < -0.4 is 14.8 Å². The van der Waals surface area contributed by atoms with Crippen molar-refractivity contribution in [1.82, 2.24) is 10.2 Å². The van der Waals surface area contributed by atoms with Crippen LogP contribution in [0.25, 0.3) is 6.08 Å². The third-order valence-electron chi connectivity index (χ3n) is 3.05. The average Bonchev–Trinajstić information content (AvgIpc) is 2.59. The van der Waals surface area contributed by atoms with E-state index in [2.05, 4.69) is 18.5 Å². The molecule has 5 nitrogen and oxygen atoms in total. The number of amides is 1. The van der Waals surface area contributed by atoms with Gasteiger partial charge in [0.2, 0.25) is 5.91 Å². The van der Waals surface area contributed by atoms with E-state index in [-0.39, 0.29) is 5.91 Å². The molecule has 0 unspecified atom stereocenters. The highest BCUT2D eigenvalue weighted by atomic mass is 32.1. The van der Waals surface area contributed by atoms with Gasteiger partial charge in [-0.05, 0) is 36.0 Å². The largest absolute Gasteiger partial charge is 0.493 e. The van der Waals surface area contributed by atoms with Gasteiger partial charge in [0.15, 0.2) is 16.6 Å². The van der Waals surface area contributed by atoms with Crippen molar-refractivity contribution >= 4 is 29.3 Å². The smallest absolute Gasteiger partial charge is 0.250 e. The van der Waals surface area contributed by atoms with E-state index < -0.39 is 0 Å². The number of benzene rings is 1. The predicted octanol–water partition coefficient (Wildman–Crippen LogP) is 2.79. The number of hydrogen-bond donors (Lipinski definition) is 1. The first-order chi connectivity index (χ1) is 11.5. The Morgan fingerprint density at radius 3 is 2.38 bits per heavy atom. The van der Waals surface area contributed by atoms with Crippen LogP contribution in [0.15, 0.2) is 49.6 Å². The third kappa shape index (κ3) is 5.89. The van der Waals surface area contributed by atoms with Gasteiger partial charge in [-0.25, -0.2) is 0 Å². The van der Waals surface area contributed by atoms with Crippen molar-refractivity contribution in [1.29, 1.82) is 0 Å². The highest BCUT2D eigenvalue weighted by Gasteiger charge is 2.08. The summed E-state index contributed by atoms with van der Waals surface area (Å²) in [4.78, 5) is 13.8. The van der Waals surface area contributed by atoms with Crippen molar-refractivity contribution in [3.05, 3.63) is 55.1 Å². The Hall–Kier alpha value is -2.60. The molecule has 0 bridgehead atoms. The number of nitrogens with zero attached hydrogens (tertiary/aromatic N) is 1. The van der Waals surface area contributed by atoms with Crippen LogP contribution in [-0.2, 0) is 4.79 Å². The topological polar surface area (TPSA) is 50.8 Å². The zero-order valence-electron chi connectivity index (χ0n) is 14.0. The van der Waals surface area contributed by atoms with Gasteiger partial charge in [0, 0.05) is 19.2 Å². The number of hydrogen-bond acceptors (Lipinski definition) is 4. The van der Waals surface area contributed by atoms with Crippen LogP contribution in [0.5, 0.6) is 11.5 Å². The van der Waals surface area contributed by atoms with Gasteiger partial charge in [0.05, 0.1) is 14.2 Å². The van der Waals surface area contributed by atoms with Gasteiger partial charge in [0.1, 0.15) is 0 Å². The minimum atomic E-state index is -0.312. The van der Waals surface area contributed by atoms with E-state index in [4.69, 9.17) is 21.7 Å². The number of ether oxygens (including phenoxy) is 2. The zero-order valence-corrected chi connectivity index (χ0v) is 14.8. The van der Waals surface area contributed by atoms with Crippen molar-refractivity contribution < 1.29 is 14.3 Å². The Bertz CT molecular complexity index is 631. The van der Waals surface area contributed by atoms with E-state index >= 15 is 0 Å². The molecule has 0 aliphatic rings. The molecule has 0 atom stereocenters. The normalized spacial score (nSPS) is 10.1. The van der Waals surface area contributed by atoms with Crippen LogP contribution in [0.4, 0.5) is 0 Å². The fourth-order valence-electron chi connectivity index (χ4n) is 1.91. The highest BCUT2D eigenvalue weighted by Crippen LogP contribution is 2.27. The van der Waals surface area contributed by atoms with Crippen LogP contribution >= 0.6 is 12.2 Å². The quantitative estimate of drug-likeness (QED) is 0.446. The fourth-order valence-corrected chi connectivity index (χ4v) is 2.16. The lowest BCUT2D eigenvalue weighted by Crippen LogP contribution is -2.42. The molecule has 128 valence electrons. The van der Waals surface area contributed by atoms with E-state index in [1.165, 1.54) is 6.08 Å². The van der Waals surface area contributed by atoms with Crippen LogP contribution in [0, 0.1) is 0 Å². The lowest BCUT2D eigenvalue weighted by molar-refractivity contribution is -0.115. The first kappa shape index (κ1) is 19.4. The van der Waals surface area contributed by atoms with Crippen molar-refractivity contribution in [2.45, 2.75) is 0 Å². The van der Waals surface area contributed by atoms with Gasteiger partial charge in [-0.2, -0.15) is 0 Å². The second kappa shape index (κ2) is 10.2. The van der Waals surface area contributed by atoms with E-state index in [0.717, 1.165) is 5.56 Å². The summed E-state index contributed by atoms with van der Waals surface area (Å²) in [5.41, 5.74) is 0.808. The molecule has 0 radical (unpaired) electrons. The van der Waals surface area contributed by atoms with E-state index in [9.17, 15) is 4.79 Å². The molecule has 1 rings (SSSR count). The highest BCUT2D eigenvalue weighted by molar-refractivity contribution is 7.80. The Morgan fingerprint density at radius 2 is 1.83 bits per heavy atom. The summed E-state index contributed by atoms with van der Waals surface area (Å²) < 4.78 is 10.4. The molecule has 1 aromatic rings. The van der Waals surface area contributed by atoms with Crippen molar-refractivity contribution in [3.63, 3.8) is 0 Å². The summed E-state index contributed by atoms with van der Waals surface area (Å²) in [5, 5.41) is 2.98. The first-order valence-corrected chi connectivity index (χ1v) is 7.68. The monoisotopic (exact) mass is 346 g/mol. The second-order valence-electron chi connectivity index (χ2n) is 4.72. The van der Waals surface area contributed by atoms with Gasteiger partial charge < -0.3 is 14.4 Å². The van der Waals surface area contributed by atoms with Crippen molar-refractivity contribution in [3.8, 4) is 11.5 Å². The van der Waals surface area contributed by atoms with Gasteiger partial charge in [-0.15, -0.1) is 13.2 Å². The van der Waals surface area contributed by atoms with E-state index in [1.54, 1.807) is 49.5 Å². The van der Waals surface area contributed by atoms with Crippen LogP contribution in [-0.4, -0.2) is 43.2 Å². The van der Waals surface area contributed by atoms with Gasteiger partial charge in [0.25, 0.3) is 0 Å². The summed E-state index contributed by atoms with van der Waals surface area (Å²) in [6, 6.07) is 5.38. The molecule has 1 N–H and O–H groups in total. The summed E-state index contributed by atoms with van der Waals surface area (Å²) in [6.07, 6.45) is 6.50. The molecule has 0 saturated heterocycles. The van der Waals surface area contributed by atoms with Gasteiger partial charge in [-0.3, -0.25) is 10.1 Å². The third-order valence-corrected chi connectivity index (χ3v) is 3.41. The molecule has 24 heavy (non-hydrogen) atoms. The number of thiocarbonyl (C=S) groups is 1. The maximum atomic E-state index is 12.0. The molecule has 0 aromatic heterocycles. The van der Waals surface area contributed by atoms with Crippen molar-refractivity contribution in [2.24, 2.45) is 0 Å². The number of carbonyl (C=O) groups excluding carboxylic acids is 1. The minimum absolute atomic E-state index is 0.312. The Morgan fingerprint density at radius 1 is 1.21 bits per heavy atom. The standard InChI is InChI=1S/C18H22N2O3S/c1-5-11-20(12-6-2)18(24)19-17(21)10-8-14-7-9-15(22-3)16(13-14)23-4/h5-10,13H,1-2,11-12H2,3-4H3,(H,19,21,24). The molecule has 0 aliphatic heterocycles. The number of rotatable bonds is 8. The maximum Gasteiger partial charge on any atom is 0.250 e. The van der Waals surface area contributed by atoms with Gasteiger partial charge >= 0.3 is 0 Å². The summed E-state index contributed by atoms with van der Waals surface area (Å²) in [6.45, 7) is 8.40. The lowest BCUT2D eigenvalue weighted by atomic mass is 10.2. The molecule has 0 fully saturated rings. The molecule has 6 heteroatoms. The summed E-state index contributed by atoms with van der Waals surface area (Å²) in [5.74, 6) is 0.913. The first-order valence-electron chi connectivity index (χ1n) is 7.27. The number of carbonyl (C=O) groups is 1. The Labute approximate surface area is 148 Å². The molecule has 0 heterocycles. The molecule has 0 aliphatic carbocycles. The van der Waals surface area contributed by atoms with Crippen LogP contribution in [0.3, 0.4) is 0 Å².